The van der Waals surface area contributed by atoms with Gasteiger partial charge in [-0.3, -0.25) is 0 Å². The summed E-state index contributed by atoms with van der Waals surface area (Å²) in [6.45, 7) is 8.02. The Morgan fingerprint density at radius 2 is 2.06 bits per heavy atom. The van der Waals surface area contributed by atoms with Gasteiger partial charge in [-0.15, -0.1) is 0 Å². The van der Waals surface area contributed by atoms with E-state index < -0.39 is 0 Å². The summed E-state index contributed by atoms with van der Waals surface area (Å²) in [6.07, 6.45) is 5.91. The summed E-state index contributed by atoms with van der Waals surface area (Å²) < 4.78 is 11.3. The van der Waals surface area contributed by atoms with E-state index in [1.54, 1.807) is 0 Å². The van der Waals surface area contributed by atoms with E-state index >= 15 is 0 Å². The topological polar surface area (TPSA) is 35.5 Å². The first-order valence-corrected chi connectivity index (χ1v) is 6.51. The lowest BCUT2D eigenvalue weighted by Gasteiger charge is -2.27. The minimum atomic E-state index is -0.229. The second-order valence-corrected chi connectivity index (χ2v) is 5.50. The maximum Gasteiger partial charge on any atom is 0.334 e. The molecule has 2 fully saturated rings. The lowest BCUT2D eigenvalue weighted by molar-refractivity contribution is -0.139. The number of hydrogen-bond acceptors (Lipinski definition) is 3. The van der Waals surface area contributed by atoms with Crippen molar-refractivity contribution in [2.75, 3.05) is 0 Å². The lowest BCUT2D eigenvalue weighted by Crippen LogP contribution is -2.22. The van der Waals surface area contributed by atoms with E-state index in [9.17, 15) is 4.79 Å². The summed E-state index contributed by atoms with van der Waals surface area (Å²) >= 11 is 0. The van der Waals surface area contributed by atoms with E-state index in [1.807, 2.05) is 13.0 Å². The van der Waals surface area contributed by atoms with Crippen LogP contribution in [0, 0.1) is 11.8 Å². The second kappa shape index (κ2) is 4.01. The average molecular weight is 246 g/mol. The molecule has 0 spiro atoms. The molecule has 0 radical (unpaired) electrons. The highest BCUT2D eigenvalue weighted by molar-refractivity contribution is 5.90. The molecule has 18 heavy (non-hydrogen) atoms. The van der Waals surface area contributed by atoms with Gasteiger partial charge in [0.2, 0.25) is 0 Å². The first-order valence-electron chi connectivity index (χ1n) is 6.51. The smallest absolute Gasteiger partial charge is 0.334 e. The van der Waals surface area contributed by atoms with Crippen molar-refractivity contribution < 1.29 is 14.3 Å². The van der Waals surface area contributed by atoms with Crippen molar-refractivity contribution in [1.29, 1.82) is 0 Å². The van der Waals surface area contributed by atoms with Crippen LogP contribution in [0.5, 0.6) is 0 Å². The maximum absolute atomic E-state index is 11.6. The molecular formula is C15H18O3. The van der Waals surface area contributed by atoms with Gasteiger partial charge in [0.25, 0.3) is 0 Å². The van der Waals surface area contributed by atoms with E-state index in [0.717, 1.165) is 18.6 Å². The Kier molecular flexibility index (Phi) is 2.58. The maximum atomic E-state index is 11.6. The van der Waals surface area contributed by atoms with Gasteiger partial charge >= 0.3 is 5.97 Å². The lowest BCUT2D eigenvalue weighted by atomic mass is 9.91. The summed E-state index contributed by atoms with van der Waals surface area (Å²) in [5.41, 5.74) is 1.93. The molecule has 3 nitrogen and oxygen atoms in total. The molecule has 3 aliphatic rings. The van der Waals surface area contributed by atoms with Gasteiger partial charge in [0, 0.05) is 11.5 Å². The third-order valence-corrected chi connectivity index (χ3v) is 4.25. The summed E-state index contributed by atoms with van der Waals surface area (Å²) in [4.78, 5) is 11.6. The molecule has 2 heterocycles. The van der Waals surface area contributed by atoms with E-state index in [-0.39, 0.29) is 24.1 Å². The van der Waals surface area contributed by atoms with Crippen molar-refractivity contribution in [2.45, 2.75) is 38.9 Å². The number of hydrogen-bond donors (Lipinski definition) is 0. The molecule has 0 bridgehead atoms. The molecule has 0 aromatic rings. The van der Waals surface area contributed by atoms with Crippen molar-refractivity contribution in [2.24, 2.45) is 11.8 Å². The van der Waals surface area contributed by atoms with Crippen LogP contribution in [-0.2, 0) is 14.3 Å². The predicted molar refractivity (Wildman–Crippen MR) is 67.6 cm³/mol. The second-order valence-electron chi connectivity index (χ2n) is 5.50. The quantitative estimate of drug-likeness (QED) is 0.487. The number of carbonyl (C=O) groups excluding carboxylic acids is 1. The summed E-state index contributed by atoms with van der Waals surface area (Å²) in [7, 11) is 0. The average Bonchev–Trinajstić information content (AvgIpc) is 2.51. The zero-order valence-corrected chi connectivity index (χ0v) is 10.8. The first kappa shape index (κ1) is 11.6. The van der Waals surface area contributed by atoms with Crippen LogP contribution >= 0.6 is 0 Å². The van der Waals surface area contributed by atoms with Crippen molar-refractivity contribution in [3.05, 3.63) is 35.6 Å². The summed E-state index contributed by atoms with van der Waals surface area (Å²) in [6, 6.07) is 0. The Morgan fingerprint density at radius 3 is 2.83 bits per heavy atom. The van der Waals surface area contributed by atoms with E-state index in [0.29, 0.717) is 11.5 Å². The highest BCUT2D eigenvalue weighted by atomic mass is 16.6. The molecular weight excluding hydrogens is 228 g/mol. The molecule has 4 atom stereocenters. The van der Waals surface area contributed by atoms with Gasteiger partial charge in [0.15, 0.2) is 0 Å². The van der Waals surface area contributed by atoms with E-state index in [1.165, 1.54) is 5.57 Å². The highest BCUT2D eigenvalue weighted by Gasteiger charge is 2.45. The standard InChI is InChI=1S/C15H18O3/c1-8-6-13-12(10(3)15(16)18-13)7-14-11(8)5-4-9(2)17-14/h4-5,8,12-14H,3,6-7H2,1-2H3/t8-,12+,13-,14+/m0/s1. The minimum Gasteiger partial charge on any atom is -0.491 e. The molecule has 0 N–H and O–H groups in total. The zero-order valence-electron chi connectivity index (χ0n) is 10.8. The zero-order chi connectivity index (χ0) is 12.9. The van der Waals surface area contributed by atoms with Gasteiger partial charge in [-0.1, -0.05) is 19.6 Å². The van der Waals surface area contributed by atoms with Crippen LogP contribution in [0.4, 0.5) is 0 Å². The number of esters is 1. The number of ether oxygens (including phenoxy) is 2. The minimum absolute atomic E-state index is 0.0181. The van der Waals surface area contributed by atoms with Crippen molar-refractivity contribution in [3.63, 3.8) is 0 Å². The molecule has 0 amide bonds. The summed E-state index contributed by atoms with van der Waals surface area (Å²) in [5, 5.41) is 0. The van der Waals surface area contributed by atoms with Crippen LogP contribution in [0.25, 0.3) is 0 Å². The van der Waals surface area contributed by atoms with E-state index in [2.05, 4.69) is 19.6 Å². The molecule has 3 heteroatoms. The highest BCUT2D eigenvalue weighted by Crippen LogP contribution is 2.43. The Balaban J connectivity index is 1.92. The molecule has 2 aliphatic heterocycles. The van der Waals surface area contributed by atoms with Crippen LogP contribution in [0.15, 0.2) is 35.6 Å². The van der Waals surface area contributed by atoms with Crippen molar-refractivity contribution >= 4 is 5.97 Å². The Morgan fingerprint density at radius 1 is 1.28 bits per heavy atom. The Hall–Kier alpha value is -1.51. The van der Waals surface area contributed by atoms with Crippen LogP contribution in [0.2, 0.25) is 0 Å². The molecule has 96 valence electrons. The van der Waals surface area contributed by atoms with Gasteiger partial charge in [-0.25, -0.2) is 4.79 Å². The van der Waals surface area contributed by atoms with Crippen LogP contribution < -0.4 is 0 Å². The normalized spacial score (nSPS) is 38.8. The van der Waals surface area contributed by atoms with Gasteiger partial charge in [0.05, 0.1) is 5.76 Å². The molecule has 3 rings (SSSR count). The fourth-order valence-electron chi connectivity index (χ4n) is 3.21. The largest absolute Gasteiger partial charge is 0.491 e. The van der Waals surface area contributed by atoms with Crippen LogP contribution in [0.1, 0.15) is 26.7 Å². The third-order valence-electron chi connectivity index (χ3n) is 4.25. The molecule has 1 aliphatic carbocycles. The third kappa shape index (κ3) is 1.69. The number of carbonyl (C=O) groups is 1. The van der Waals surface area contributed by atoms with Gasteiger partial charge in [0.1, 0.15) is 12.2 Å². The monoisotopic (exact) mass is 246 g/mol. The van der Waals surface area contributed by atoms with Gasteiger partial charge < -0.3 is 9.47 Å². The molecule has 0 aromatic carbocycles. The SMILES string of the molecule is C=C1C(=O)O[C@H]2C[C@H](C)C3=CC=C(C)O[C@@H]3C[C@H]12. The van der Waals surface area contributed by atoms with E-state index in [4.69, 9.17) is 9.47 Å². The fraction of sp³-hybridized carbons (Fsp3) is 0.533. The molecule has 1 saturated heterocycles. The van der Waals surface area contributed by atoms with Gasteiger partial charge in [-0.2, -0.15) is 0 Å². The summed E-state index contributed by atoms with van der Waals surface area (Å²) in [5.74, 6) is 1.20. The van der Waals surface area contributed by atoms with Crippen molar-refractivity contribution in [3.8, 4) is 0 Å². The Bertz CT molecular complexity index is 472. The first-order chi connectivity index (χ1) is 8.56. The molecule has 0 aromatic heterocycles. The van der Waals surface area contributed by atoms with Crippen LogP contribution in [-0.4, -0.2) is 18.2 Å². The Labute approximate surface area is 107 Å². The molecule has 0 unspecified atom stereocenters. The number of allylic oxidation sites excluding steroid dienone is 3. The molecule has 1 saturated carbocycles. The van der Waals surface area contributed by atoms with Gasteiger partial charge in [-0.05, 0) is 37.3 Å². The number of rotatable bonds is 0. The number of fused-ring (bicyclic) bond motifs is 2. The van der Waals surface area contributed by atoms with Crippen molar-refractivity contribution in [1.82, 2.24) is 0 Å². The predicted octanol–water partition coefficient (Wildman–Crippen LogP) is 2.74. The fourth-order valence-corrected chi connectivity index (χ4v) is 3.21. The van der Waals surface area contributed by atoms with Crippen LogP contribution in [0.3, 0.4) is 0 Å².